The number of hydrogen-bond acceptors (Lipinski definition) is 9. The summed E-state index contributed by atoms with van der Waals surface area (Å²) in [4.78, 5) is 42.4. The van der Waals surface area contributed by atoms with Gasteiger partial charge in [-0.05, 0) is 24.3 Å². The van der Waals surface area contributed by atoms with Gasteiger partial charge in [0.15, 0.2) is 0 Å². The summed E-state index contributed by atoms with van der Waals surface area (Å²) in [5.41, 5.74) is 0.703. The number of rotatable bonds is 4. The van der Waals surface area contributed by atoms with Crippen LogP contribution < -0.4 is 9.64 Å². The van der Waals surface area contributed by atoms with Crippen LogP contribution in [0.1, 0.15) is 17.3 Å². The van der Waals surface area contributed by atoms with Crippen molar-refractivity contribution in [2.75, 3.05) is 4.90 Å². The number of fused-ring (bicyclic) bond motifs is 1. The standard InChI is InChI=1S/C18H13N5O4/c1-11(24)26-16-15(25)14-12(23(16)17-19-7-3-8-20-17)5-2-6-13(14)27-18-21-9-4-10-22-18/h2-10,16H,1H3. The van der Waals surface area contributed by atoms with E-state index in [1.807, 2.05) is 0 Å². The van der Waals surface area contributed by atoms with Crippen molar-refractivity contribution in [3.63, 3.8) is 0 Å². The molecule has 27 heavy (non-hydrogen) atoms. The van der Waals surface area contributed by atoms with E-state index in [2.05, 4.69) is 19.9 Å². The van der Waals surface area contributed by atoms with Gasteiger partial charge < -0.3 is 9.47 Å². The Balaban J connectivity index is 1.82. The van der Waals surface area contributed by atoms with Crippen LogP contribution in [-0.2, 0) is 9.53 Å². The molecule has 0 saturated heterocycles. The van der Waals surface area contributed by atoms with Crippen molar-refractivity contribution < 1.29 is 19.1 Å². The van der Waals surface area contributed by atoms with Crippen LogP contribution in [0.2, 0.25) is 0 Å². The summed E-state index contributed by atoms with van der Waals surface area (Å²) in [6.07, 6.45) is 4.90. The zero-order valence-electron chi connectivity index (χ0n) is 14.1. The van der Waals surface area contributed by atoms with E-state index < -0.39 is 18.0 Å². The first-order chi connectivity index (χ1) is 13.1. The van der Waals surface area contributed by atoms with E-state index in [1.54, 1.807) is 30.3 Å². The van der Waals surface area contributed by atoms with Gasteiger partial charge >= 0.3 is 12.0 Å². The molecule has 0 saturated carbocycles. The van der Waals surface area contributed by atoms with Crippen LogP contribution in [0.4, 0.5) is 11.6 Å². The number of ether oxygens (including phenoxy) is 2. The Bertz CT molecular complexity index is 997. The van der Waals surface area contributed by atoms with Gasteiger partial charge in [0.25, 0.3) is 0 Å². The van der Waals surface area contributed by atoms with Crippen molar-refractivity contribution in [3.05, 3.63) is 60.7 Å². The number of esters is 1. The molecule has 1 unspecified atom stereocenters. The number of aromatic nitrogens is 4. The highest BCUT2D eigenvalue weighted by atomic mass is 16.6. The Labute approximate surface area is 153 Å². The molecule has 0 amide bonds. The number of ketones is 1. The lowest BCUT2D eigenvalue weighted by Gasteiger charge is -2.23. The number of Topliss-reactive ketones (excluding diaryl/α,β-unsaturated/α-hetero) is 1. The second-order valence-electron chi connectivity index (χ2n) is 5.53. The molecule has 3 heterocycles. The second-order valence-corrected chi connectivity index (χ2v) is 5.53. The van der Waals surface area contributed by atoms with E-state index in [1.165, 1.54) is 36.6 Å². The molecule has 9 heteroatoms. The first kappa shape index (κ1) is 16.6. The van der Waals surface area contributed by atoms with Gasteiger partial charge in [0, 0.05) is 31.7 Å². The van der Waals surface area contributed by atoms with E-state index >= 15 is 0 Å². The molecule has 134 valence electrons. The van der Waals surface area contributed by atoms with Crippen LogP contribution in [0, 0.1) is 0 Å². The lowest BCUT2D eigenvalue weighted by molar-refractivity contribution is -0.143. The molecule has 0 N–H and O–H groups in total. The molecule has 1 aromatic carbocycles. The average Bonchev–Trinajstić information content (AvgIpc) is 2.96. The Hall–Kier alpha value is -3.88. The van der Waals surface area contributed by atoms with E-state index in [9.17, 15) is 9.59 Å². The predicted octanol–water partition coefficient (Wildman–Crippen LogP) is 2.28. The minimum absolute atomic E-state index is 0.0946. The zero-order chi connectivity index (χ0) is 18.8. The predicted molar refractivity (Wildman–Crippen MR) is 92.6 cm³/mol. The second kappa shape index (κ2) is 6.79. The Morgan fingerprint density at radius 3 is 2.33 bits per heavy atom. The van der Waals surface area contributed by atoms with Crippen molar-refractivity contribution in [1.82, 2.24) is 19.9 Å². The molecule has 3 aromatic rings. The average molecular weight is 363 g/mol. The van der Waals surface area contributed by atoms with Crippen LogP contribution >= 0.6 is 0 Å². The van der Waals surface area contributed by atoms with Crippen LogP contribution in [0.5, 0.6) is 11.8 Å². The normalized spacial score (nSPS) is 15.4. The van der Waals surface area contributed by atoms with Gasteiger partial charge in [-0.1, -0.05) is 6.07 Å². The minimum atomic E-state index is -1.22. The molecule has 0 aliphatic carbocycles. The molecular formula is C18H13N5O4. The van der Waals surface area contributed by atoms with Crippen molar-refractivity contribution in [1.29, 1.82) is 0 Å². The Morgan fingerprint density at radius 1 is 1.00 bits per heavy atom. The maximum absolute atomic E-state index is 13.0. The molecule has 0 bridgehead atoms. The summed E-state index contributed by atoms with van der Waals surface area (Å²) in [6.45, 7) is 1.23. The first-order valence-corrected chi connectivity index (χ1v) is 8.00. The number of anilines is 2. The highest BCUT2D eigenvalue weighted by Gasteiger charge is 2.44. The molecule has 2 aromatic heterocycles. The molecule has 1 aliphatic rings. The molecule has 0 spiro atoms. The van der Waals surface area contributed by atoms with Crippen molar-refractivity contribution in [2.24, 2.45) is 0 Å². The van der Waals surface area contributed by atoms with E-state index in [-0.39, 0.29) is 23.3 Å². The summed E-state index contributed by atoms with van der Waals surface area (Å²) in [6, 6.07) is 8.42. The molecule has 9 nitrogen and oxygen atoms in total. The van der Waals surface area contributed by atoms with E-state index in [0.717, 1.165) is 0 Å². The Morgan fingerprint density at radius 2 is 1.67 bits per heavy atom. The largest absolute Gasteiger partial charge is 0.433 e. The van der Waals surface area contributed by atoms with E-state index in [4.69, 9.17) is 9.47 Å². The SMILES string of the molecule is CC(=O)OC1C(=O)c2c(Oc3ncccn3)cccc2N1c1ncccn1. The van der Waals surface area contributed by atoms with Crippen LogP contribution in [0.15, 0.2) is 55.1 Å². The van der Waals surface area contributed by atoms with Gasteiger partial charge in [-0.3, -0.25) is 14.5 Å². The van der Waals surface area contributed by atoms with Crippen LogP contribution in [0.3, 0.4) is 0 Å². The number of carbonyl (C=O) groups excluding carboxylic acids is 2. The summed E-state index contributed by atoms with van der Waals surface area (Å²) < 4.78 is 10.9. The van der Waals surface area contributed by atoms with Gasteiger partial charge in [0.2, 0.25) is 18.0 Å². The van der Waals surface area contributed by atoms with Crippen LogP contribution in [0.25, 0.3) is 0 Å². The number of nitrogens with zero attached hydrogens (tertiary/aromatic N) is 5. The first-order valence-electron chi connectivity index (χ1n) is 8.00. The smallest absolute Gasteiger partial charge is 0.321 e. The van der Waals surface area contributed by atoms with Crippen molar-refractivity contribution >= 4 is 23.4 Å². The van der Waals surface area contributed by atoms with Crippen molar-refractivity contribution in [2.45, 2.75) is 13.2 Å². The topological polar surface area (TPSA) is 107 Å². The summed E-state index contributed by atoms with van der Waals surface area (Å²) in [5, 5.41) is 0. The van der Waals surface area contributed by atoms with Gasteiger partial charge in [-0.25, -0.2) is 19.9 Å². The number of benzene rings is 1. The molecule has 1 aliphatic heterocycles. The maximum Gasteiger partial charge on any atom is 0.321 e. The third-order valence-electron chi connectivity index (χ3n) is 3.76. The molecule has 4 rings (SSSR count). The fourth-order valence-corrected chi connectivity index (χ4v) is 2.75. The van der Waals surface area contributed by atoms with Gasteiger partial charge in [-0.15, -0.1) is 0 Å². The summed E-state index contributed by atoms with van der Waals surface area (Å²) >= 11 is 0. The highest BCUT2D eigenvalue weighted by Crippen LogP contribution is 2.42. The highest BCUT2D eigenvalue weighted by molar-refractivity contribution is 6.14. The molecule has 1 atom stereocenters. The third kappa shape index (κ3) is 3.06. The molecule has 0 fully saturated rings. The van der Waals surface area contributed by atoms with E-state index in [0.29, 0.717) is 5.69 Å². The molecule has 0 radical (unpaired) electrons. The quantitative estimate of drug-likeness (QED) is 0.645. The van der Waals surface area contributed by atoms with Gasteiger partial charge in [0.05, 0.1) is 11.3 Å². The maximum atomic E-state index is 13.0. The fourth-order valence-electron chi connectivity index (χ4n) is 2.75. The van der Waals surface area contributed by atoms with Crippen LogP contribution in [-0.4, -0.2) is 37.9 Å². The zero-order valence-corrected chi connectivity index (χ0v) is 14.1. The minimum Gasteiger partial charge on any atom is -0.433 e. The monoisotopic (exact) mass is 363 g/mol. The summed E-state index contributed by atoms with van der Waals surface area (Å²) in [5.74, 6) is -0.571. The number of hydrogen-bond donors (Lipinski definition) is 0. The summed E-state index contributed by atoms with van der Waals surface area (Å²) in [7, 11) is 0. The lowest BCUT2D eigenvalue weighted by atomic mass is 10.1. The Kier molecular flexibility index (Phi) is 4.17. The molecular weight excluding hydrogens is 350 g/mol. The third-order valence-corrected chi connectivity index (χ3v) is 3.76. The number of carbonyl (C=O) groups is 2. The lowest BCUT2D eigenvalue weighted by Crippen LogP contribution is -2.36. The fraction of sp³-hybridized carbons (Fsp3) is 0.111. The van der Waals surface area contributed by atoms with Gasteiger partial charge in [0.1, 0.15) is 5.75 Å². The van der Waals surface area contributed by atoms with Crippen molar-refractivity contribution in [3.8, 4) is 11.8 Å². The van der Waals surface area contributed by atoms with Gasteiger partial charge in [-0.2, -0.15) is 0 Å².